The number of benzene rings is 1. The molecule has 0 spiro atoms. The summed E-state index contributed by atoms with van der Waals surface area (Å²) in [5.74, 6) is 0.793. The number of hydrogen-bond acceptors (Lipinski definition) is 4. The molecule has 0 radical (unpaired) electrons. The Labute approximate surface area is 96.5 Å². The Morgan fingerprint density at radius 1 is 1.25 bits per heavy atom. The van der Waals surface area contributed by atoms with Crippen LogP contribution in [0.2, 0.25) is 0 Å². The molecule has 1 aromatic carbocycles. The fraction of sp³-hybridized carbons (Fsp3) is 0.0833. The number of fused-ring (bicyclic) bond motifs is 1. The van der Waals surface area contributed by atoms with E-state index in [1.54, 1.807) is 11.3 Å². The lowest BCUT2D eigenvalue weighted by molar-refractivity contribution is 0.424. The number of thiophene rings is 1. The molecule has 4 heteroatoms. The topological polar surface area (TPSA) is 52.0 Å². The molecule has 0 amide bonds. The van der Waals surface area contributed by atoms with Gasteiger partial charge < -0.3 is 10.3 Å². The Hall–Kier alpha value is -1.65. The molecular weight excluding hydrogens is 220 g/mol. The zero-order valence-electron chi connectivity index (χ0n) is 8.51. The van der Waals surface area contributed by atoms with Gasteiger partial charge in [-0.25, -0.2) is 0 Å². The number of nitrogens with two attached hydrogens (primary N) is 1. The molecule has 0 aliphatic carbocycles. The Bertz CT molecular complexity index is 594. The summed E-state index contributed by atoms with van der Waals surface area (Å²) in [5.41, 5.74) is 6.28. The Morgan fingerprint density at radius 2 is 2.12 bits per heavy atom. The van der Waals surface area contributed by atoms with Crippen LogP contribution in [0.1, 0.15) is 5.69 Å². The molecule has 80 valence electrons. The maximum Gasteiger partial charge on any atom is 0.177 e. The van der Waals surface area contributed by atoms with Crippen LogP contribution in [0.5, 0.6) is 0 Å². The van der Waals surface area contributed by atoms with Crippen LogP contribution in [0.4, 0.5) is 0 Å². The van der Waals surface area contributed by atoms with E-state index in [1.807, 2.05) is 18.2 Å². The first-order valence-electron chi connectivity index (χ1n) is 5.01. The lowest BCUT2D eigenvalue weighted by Gasteiger charge is -1.83. The summed E-state index contributed by atoms with van der Waals surface area (Å²) >= 11 is 1.70. The molecule has 2 heterocycles. The van der Waals surface area contributed by atoms with E-state index in [0.717, 1.165) is 16.3 Å². The van der Waals surface area contributed by atoms with Gasteiger partial charge in [0.1, 0.15) is 0 Å². The highest BCUT2D eigenvalue weighted by molar-refractivity contribution is 7.22. The molecule has 16 heavy (non-hydrogen) atoms. The summed E-state index contributed by atoms with van der Waals surface area (Å²) < 4.78 is 6.50. The summed E-state index contributed by atoms with van der Waals surface area (Å²) in [6.45, 7) is 0.411. The normalized spacial score (nSPS) is 11.1. The van der Waals surface area contributed by atoms with Crippen LogP contribution in [0.25, 0.3) is 20.7 Å². The Kier molecular flexibility index (Phi) is 2.23. The number of hydrogen-bond donors (Lipinski definition) is 1. The standard InChI is InChI=1S/C12H10N2OS/c13-7-9-6-10(15-14-9)12-5-8-3-1-2-4-11(8)16-12/h1-6H,7,13H2. The molecule has 0 aliphatic rings. The lowest BCUT2D eigenvalue weighted by Crippen LogP contribution is -1.94. The number of aromatic nitrogens is 1. The van der Waals surface area contributed by atoms with Gasteiger partial charge in [0.15, 0.2) is 5.76 Å². The van der Waals surface area contributed by atoms with Crippen LogP contribution in [0.15, 0.2) is 40.9 Å². The first-order chi connectivity index (χ1) is 7.86. The molecule has 0 atom stereocenters. The van der Waals surface area contributed by atoms with Gasteiger partial charge in [0, 0.05) is 17.3 Å². The second-order valence-corrected chi connectivity index (χ2v) is 4.62. The van der Waals surface area contributed by atoms with Crippen molar-refractivity contribution in [1.82, 2.24) is 5.16 Å². The molecule has 0 saturated heterocycles. The van der Waals surface area contributed by atoms with Crippen LogP contribution in [-0.4, -0.2) is 5.16 Å². The maximum atomic E-state index is 5.50. The van der Waals surface area contributed by atoms with Crippen LogP contribution in [0.3, 0.4) is 0 Å². The summed E-state index contributed by atoms with van der Waals surface area (Å²) in [7, 11) is 0. The fourth-order valence-corrected chi connectivity index (χ4v) is 2.64. The second kappa shape index (κ2) is 3.73. The average molecular weight is 230 g/mol. The van der Waals surface area contributed by atoms with Gasteiger partial charge in [0.25, 0.3) is 0 Å². The van der Waals surface area contributed by atoms with E-state index in [2.05, 4.69) is 23.4 Å². The van der Waals surface area contributed by atoms with Gasteiger partial charge in [-0.05, 0) is 17.5 Å². The third kappa shape index (κ3) is 1.52. The Balaban J connectivity index is 2.11. The zero-order valence-corrected chi connectivity index (χ0v) is 9.33. The average Bonchev–Trinajstić information content (AvgIpc) is 2.95. The molecule has 3 aromatic rings. The van der Waals surface area contributed by atoms with Crippen molar-refractivity contribution in [2.45, 2.75) is 6.54 Å². The minimum atomic E-state index is 0.411. The summed E-state index contributed by atoms with van der Waals surface area (Å²) in [5, 5.41) is 5.12. The molecule has 0 unspecified atom stereocenters. The van der Waals surface area contributed by atoms with Gasteiger partial charge in [0.2, 0.25) is 0 Å². The van der Waals surface area contributed by atoms with Crippen molar-refractivity contribution >= 4 is 21.4 Å². The van der Waals surface area contributed by atoms with E-state index in [-0.39, 0.29) is 0 Å². The summed E-state index contributed by atoms with van der Waals surface area (Å²) in [6, 6.07) is 12.3. The maximum absolute atomic E-state index is 5.50. The van der Waals surface area contributed by atoms with E-state index in [9.17, 15) is 0 Å². The van der Waals surface area contributed by atoms with Gasteiger partial charge in [-0.2, -0.15) is 0 Å². The SMILES string of the molecule is NCc1cc(-c2cc3ccccc3s2)on1. The fourth-order valence-electron chi connectivity index (χ4n) is 1.63. The lowest BCUT2D eigenvalue weighted by atomic mass is 10.2. The van der Waals surface area contributed by atoms with E-state index in [4.69, 9.17) is 10.3 Å². The van der Waals surface area contributed by atoms with Crippen molar-refractivity contribution in [1.29, 1.82) is 0 Å². The van der Waals surface area contributed by atoms with Crippen LogP contribution in [0, 0.1) is 0 Å². The molecule has 0 saturated carbocycles. The first-order valence-corrected chi connectivity index (χ1v) is 5.83. The molecule has 0 aliphatic heterocycles. The second-order valence-electron chi connectivity index (χ2n) is 3.54. The van der Waals surface area contributed by atoms with Gasteiger partial charge in [-0.15, -0.1) is 11.3 Å². The van der Waals surface area contributed by atoms with E-state index >= 15 is 0 Å². The summed E-state index contributed by atoms with van der Waals surface area (Å²) in [6.07, 6.45) is 0. The van der Waals surface area contributed by atoms with Crippen molar-refractivity contribution in [3.8, 4) is 10.6 Å². The minimum Gasteiger partial charge on any atom is -0.355 e. The minimum absolute atomic E-state index is 0.411. The highest BCUT2D eigenvalue weighted by Crippen LogP contribution is 2.33. The van der Waals surface area contributed by atoms with Crippen molar-refractivity contribution in [2.24, 2.45) is 5.73 Å². The van der Waals surface area contributed by atoms with Crippen molar-refractivity contribution in [3.63, 3.8) is 0 Å². The quantitative estimate of drug-likeness (QED) is 0.736. The van der Waals surface area contributed by atoms with Crippen molar-refractivity contribution in [2.75, 3.05) is 0 Å². The van der Waals surface area contributed by atoms with Crippen molar-refractivity contribution in [3.05, 3.63) is 42.1 Å². The van der Waals surface area contributed by atoms with Gasteiger partial charge >= 0.3 is 0 Å². The smallest absolute Gasteiger partial charge is 0.177 e. The highest BCUT2D eigenvalue weighted by atomic mass is 32.1. The Morgan fingerprint density at radius 3 is 2.88 bits per heavy atom. The van der Waals surface area contributed by atoms with E-state index in [1.165, 1.54) is 10.1 Å². The first kappa shape index (κ1) is 9.57. The molecular formula is C12H10N2OS. The molecule has 2 N–H and O–H groups in total. The predicted octanol–water partition coefficient (Wildman–Crippen LogP) is 3.02. The number of nitrogens with zero attached hydrogens (tertiary/aromatic N) is 1. The third-order valence-corrected chi connectivity index (χ3v) is 3.57. The van der Waals surface area contributed by atoms with Crippen LogP contribution >= 0.6 is 11.3 Å². The molecule has 0 fully saturated rings. The van der Waals surface area contributed by atoms with Crippen LogP contribution < -0.4 is 5.73 Å². The largest absolute Gasteiger partial charge is 0.355 e. The van der Waals surface area contributed by atoms with Gasteiger partial charge in [-0.3, -0.25) is 0 Å². The molecule has 3 rings (SSSR count). The number of rotatable bonds is 2. The highest BCUT2D eigenvalue weighted by Gasteiger charge is 2.09. The monoisotopic (exact) mass is 230 g/mol. The molecule has 2 aromatic heterocycles. The summed E-state index contributed by atoms with van der Waals surface area (Å²) in [4.78, 5) is 1.09. The van der Waals surface area contributed by atoms with Crippen molar-refractivity contribution < 1.29 is 4.52 Å². The van der Waals surface area contributed by atoms with E-state index < -0.39 is 0 Å². The van der Waals surface area contributed by atoms with Gasteiger partial charge in [0.05, 0.1) is 10.6 Å². The zero-order chi connectivity index (χ0) is 11.0. The van der Waals surface area contributed by atoms with Crippen LogP contribution in [-0.2, 0) is 6.54 Å². The van der Waals surface area contributed by atoms with Gasteiger partial charge in [-0.1, -0.05) is 23.4 Å². The molecule has 0 bridgehead atoms. The van der Waals surface area contributed by atoms with E-state index in [0.29, 0.717) is 6.54 Å². The predicted molar refractivity (Wildman–Crippen MR) is 65.2 cm³/mol. The third-order valence-electron chi connectivity index (χ3n) is 2.44. The molecule has 3 nitrogen and oxygen atoms in total.